The van der Waals surface area contributed by atoms with Gasteiger partial charge in [0.05, 0.1) is 22.6 Å². The fourth-order valence-electron chi connectivity index (χ4n) is 4.52. The first kappa shape index (κ1) is 21.2. The molecular formula is C27H18ClN3O4. The van der Waals surface area contributed by atoms with Gasteiger partial charge in [0.15, 0.2) is 11.5 Å². The number of fused-ring (bicyclic) bond motifs is 2. The molecule has 5 aromatic rings. The van der Waals surface area contributed by atoms with Crippen LogP contribution in [0.2, 0.25) is 5.02 Å². The van der Waals surface area contributed by atoms with Gasteiger partial charge in [-0.05, 0) is 48.9 Å². The number of nitrogens with zero attached hydrogens (tertiary/aromatic N) is 2. The van der Waals surface area contributed by atoms with Crippen LogP contribution in [0, 0.1) is 6.92 Å². The number of carbonyl (C=O) groups excluding carboxylic acids is 2. The molecule has 0 spiro atoms. The summed E-state index contributed by atoms with van der Waals surface area (Å²) in [4.78, 5) is 36.1. The molecular weight excluding hydrogens is 466 g/mol. The summed E-state index contributed by atoms with van der Waals surface area (Å²) in [5.41, 5.74) is 3.38. The average molecular weight is 484 g/mol. The van der Waals surface area contributed by atoms with Gasteiger partial charge in [-0.3, -0.25) is 14.5 Å². The van der Waals surface area contributed by atoms with Crippen molar-refractivity contribution in [3.63, 3.8) is 0 Å². The zero-order chi connectivity index (χ0) is 24.3. The molecule has 172 valence electrons. The number of amides is 1. The lowest BCUT2D eigenvalue weighted by molar-refractivity contribution is -0.117. The number of benzene rings is 3. The molecule has 1 unspecified atom stereocenters. The normalized spacial score (nSPS) is 16.1. The Balaban J connectivity index is 1.52. The highest BCUT2D eigenvalue weighted by Gasteiger charge is 2.46. The number of imidazole rings is 1. The molecule has 0 fully saturated rings. The number of aliphatic hydroxyl groups excluding tert-OH is 1. The van der Waals surface area contributed by atoms with Crippen molar-refractivity contribution < 1.29 is 19.1 Å². The Morgan fingerprint density at radius 1 is 1.09 bits per heavy atom. The molecule has 6 rings (SSSR count). The van der Waals surface area contributed by atoms with Crippen molar-refractivity contribution in [1.82, 2.24) is 9.97 Å². The van der Waals surface area contributed by atoms with Gasteiger partial charge in [0.25, 0.3) is 5.91 Å². The van der Waals surface area contributed by atoms with E-state index in [9.17, 15) is 14.7 Å². The molecule has 1 aliphatic rings. The van der Waals surface area contributed by atoms with Crippen LogP contribution in [0.4, 0.5) is 5.95 Å². The highest BCUT2D eigenvalue weighted by Crippen LogP contribution is 2.42. The minimum absolute atomic E-state index is 0.000672. The van der Waals surface area contributed by atoms with Gasteiger partial charge in [0, 0.05) is 10.4 Å². The van der Waals surface area contributed by atoms with Gasteiger partial charge < -0.3 is 14.5 Å². The zero-order valence-electron chi connectivity index (χ0n) is 18.4. The Morgan fingerprint density at radius 3 is 2.71 bits per heavy atom. The van der Waals surface area contributed by atoms with Crippen LogP contribution in [0.1, 0.15) is 27.7 Å². The van der Waals surface area contributed by atoms with Crippen molar-refractivity contribution in [3.05, 3.63) is 106 Å². The van der Waals surface area contributed by atoms with Crippen LogP contribution < -0.4 is 4.90 Å². The highest BCUT2D eigenvalue weighted by molar-refractivity contribution is 6.31. The summed E-state index contributed by atoms with van der Waals surface area (Å²) in [5, 5.41) is 12.1. The van der Waals surface area contributed by atoms with Crippen molar-refractivity contribution in [2.24, 2.45) is 0 Å². The third-order valence-corrected chi connectivity index (χ3v) is 6.35. The predicted molar refractivity (Wildman–Crippen MR) is 133 cm³/mol. The maximum atomic E-state index is 13.7. The maximum Gasteiger partial charge on any atom is 0.296 e. The third kappa shape index (κ3) is 3.40. The van der Waals surface area contributed by atoms with Gasteiger partial charge in [-0.25, -0.2) is 4.98 Å². The lowest BCUT2D eigenvalue weighted by Gasteiger charge is -2.24. The van der Waals surface area contributed by atoms with E-state index < -0.39 is 23.5 Å². The summed E-state index contributed by atoms with van der Waals surface area (Å²) in [5.74, 6) is -1.72. The van der Waals surface area contributed by atoms with Crippen LogP contribution in [0.25, 0.3) is 22.0 Å². The number of furan rings is 1. The van der Waals surface area contributed by atoms with Crippen LogP contribution in [-0.4, -0.2) is 26.8 Å². The van der Waals surface area contributed by atoms with Gasteiger partial charge in [-0.1, -0.05) is 53.6 Å². The van der Waals surface area contributed by atoms with Crippen molar-refractivity contribution >= 4 is 51.2 Å². The van der Waals surface area contributed by atoms with Crippen molar-refractivity contribution in [2.45, 2.75) is 13.0 Å². The third-order valence-electron chi connectivity index (χ3n) is 6.12. The topological polar surface area (TPSA) is 99.4 Å². The van der Waals surface area contributed by atoms with E-state index in [4.69, 9.17) is 16.0 Å². The molecule has 2 N–H and O–H groups in total. The Bertz CT molecular complexity index is 1660. The second-order valence-electron chi connectivity index (χ2n) is 8.45. The number of carbonyl (C=O) groups is 2. The number of para-hydroxylation sites is 2. The van der Waals surface area contributed by atoms with Crippen molar-refractivity contribution in [2.75, 3.05) is 4.90 Å². The Kier molecular flexibility index (Phi) is 4.76. The number of aryl methyl sites for hydroxylation is 1. The van der Waals surface area contributed by atoms with E-state index >= 15 is 0 Å². The van der Waals surface area contributed by atoms with Crippen LogP contribution in [0.15, 0.2) is 88.5 Å². The van der Waals surface area contributed by atoms with Gasteiger partial charge in [-0.15, -0.1) is 0 Å². The van der Waals surface area contributed by atoms with E-state index in [0.29, 0.717) is 27.1 Å². The molecule has 3 heterocycles. The molecule has 1 amide bonds. The minimum atomic E-state index is -0.910. The molecule has 0 aliphatic carbocycles. The number of Topliss-reactive ketones (excluding diaryl/α,β-unsaturated/α-hetero) is 1. The van der Waals surface area contributed by atoms with Gasteiger partial charge in [0.2, 0.25) is 11.7 Å². The van der Waals surface area contributed by atoms with Gasteiger partial charge in [-0.2, -0.15) is 0 Å². The Labute approximate surface area is 204 Å². The number of ketones is 1. The quantitative estimate of drug-likeness (QED) is 0.303. The lowest BCUT2D eigenvalue weighted by Crippen LogP contribution is -2.32. The Morgan fingerprint density at radius 2 is 1.91 bits per heavy atom. The van der Waals surface area contributed by atoms with Gasteiger partial charge in [0.1, 0.15) is 5.58 Å². The summed E-state index contributed by atoms with van der Waals surface area (Å²) < 4.78 is 5.77. The lowest BCUT2D eigenvalue weighted by atomic mass is 9.94. The summed E-state index contributed by atoms with van der Waals surface area (Å²) >= 11 is 6.08. The minimum Gasteiger partial charge on any atom is -0.503 e. The Hall–Kier alpha value is -4.36. The highest BCUT2D eigenvalue weighted by atomic mass is 35.5. The number of rotatable bonds is 4. The second kappa shape index (κ2) is 7.85. The largest absolute Gasteiger partial charge is 0.503 e. The van der Waals surface area contributed by atoms with E-state index in [1.54, 1.807) is 24.3 Å². The first-order valence-electron chi connectivity index (χ1n) is 10.9. The number of halogens is 1. The number of aliphatic hydroxyl groups is 1. The molecule has 35 heavy (non-hydrogen) atoms. The number of nitrogens with one attached hydrogen (secondary N) is 1. The van der Waals surface area contributed by atoms with Crippen LogP contribution in [-0.2, 0) is 4.79 Å². The molecule has 3 aromatic carbocycles. The average Bonchev–Trinajstić information content (AvgIpc) is 3.52. The summed E-state index contributed by atoms with van der Waals surface area (Å²) in [7, 11) is 0. The fourth-order valence-corrected chi connectivity index (χ4v) is 4.70. The molecule has 0 saturated carbocycles. The van der Waals surface area contributed by atoms with E-state index in [0.717, 1.165) is 11.1 Å². The number of anilines is 1. The molecule has 1 aliphatic heterocycles. The summed E-state index contributed by atoms with van der Waals surface area (Å²) in [6, 6.07) is 20.5. The number of H-pyrrole nitrogens is 1. The predicted octanol–water partition coefficient (Wildman–Crippen LogP) is 6.05. The first-order valence-corrected chi connectivity index (χ1v) is 11.3. The van der Waals surface area contributed by atoms with Crippen molar-refractivity contribution in [3.8, 4) is 0 Å². The van der Waals surface area contributed by atoms with E-state index in [1.807, 2.05) is 55.5 Å². The molecule has 7 nitrogen and oxygen atoms in total. The molecule has 8 heteroatoms. The zero-order valence-corrected chi connectivity index (χ0v) is 19.2. The summed E-state index contributed by atoms with van der Waals surface area (Å²) in [6.45, 7) is 1.92. The van der Waals surface area contributed by atoms with Crippen LogP contribution in [0.3, 0.4) is 0 Å². The van der Waals surface area contributed by atoms with Crippen molar-refractivity contribution in [1.29, 1.82) is 0 Å². The molecule has 0 bridgehead atoms. The SMILES string of the molecule is Cc1cccc(C2C(C(=O)c3cc4cc(Cl)ccc4o3)=C(O)C(=O)N2c2nc3ccccc3[nH]2)c1. The molecule has 0 saturated heterocycles. The molecule has 2 aromatic heterocycles. The van der Waals surface area contributed by atoms with Gasteiger partial charge >= 0.3 is 0 Å². The smallest absolute Gasteiger partial charge is 0.296 e. The van der Waals surface area contributed by atoms with Crippen LogP contribution >= 0.6 is 11.6 Å². The second-order valence-corrected chi connectivity index (χ2v) is 8.89. The standard InChI is InChI=1S/C27H18ClN3O4/c1-14-5-4-6-15(11-14)23-22(24(32)21-13-16-12-17(28)9-10-20(16)35-21)25(33)26(34)31(23)27-29-18-7-2-3-8-19(18)30-27/h2-13,23,33H,1H3,(H,29,30). The summed E-state index contributed by atoms with van der Waals surface area (Å²) in [6.07, 6.45) is 0. The number of hydrogen-bond donors (Lipinski definition) is 2. The fraction of sp³-hybridized carbons (Fsp3) is 0.0741. The molecule has 1 atom stereocenters. The van der Waals surface area contributed by atoms with E-state index in [-0.39, 0.29) is 17.3 Å². The maximum absolute atomic E-state index is 13.7. The van der Waals surface area contributed by atoms with E-state index in [2.05, 4.69) is 9.97 Å². The molecule has 0 radical (unpaired) electrons. The van der Waals surface area contributed by atoms with Crippen LogP contribution in [0.5, 0.6) is 0 Å². The first-order chi connectivity index (χ1) is 16.9. The number of hydrogen-bond acceptors (Lipinski definition) is 5. The number of aromatic nitrogens is 2. The monoisotopic (exact) mass is 483 g/mol. The number of aromatic amines is 1. The van der Waals surface area contributed by atoms with E-state index in [1.165, 1.54) is 4.90 Å².